The van der Waals surface area contributed by atoms with E-state index >= 15 is 0 Å². The predicted molar refractivity (Wildman–Crippen MR) is 55.4 cm³/mol. The lowest BCUT2D eigenvalue weighted by atomic mass is 9.94. The Morgan fingerprint density at radius 2 is 1.64 bits per heavy atom. The highest BCUT2D eigenvalue weighted by molar-refractivity contribution is 5.88. The average molecular weight is 200 g/mol. The maximum Gasteiger partial charge on any atom is 0.240 e. The van der Waals surface area contributed by atoms with Crippen LogP contribution in [0.5, 0.6) is 0 Å². The van der Waals surface area contributed by atoms with Crippen LogP contribution < -0.4 is 11.1 Å². The van der Waals surface area contributed by atoms with Gasteiger partial charge in [0, 0.05) is 5.41 Å². The number of hydrogen-bond acceptors (Lipinski definition) is 2. The molecule has 1 unspecified atom stereocenters. The topological polar surface area (TPSA) is 72.2 Å². The zero-order valence-electron chi connectivity index (χ0n) is 9.55. The van der Waals surface area contributed by atoms with Crippen LogP contribution in [0, 0.1) is 11.3 Å². The first-order valence-electron chi connectivity index (χ1n) is 4.76. The third kappa shape index (κ3) is 3.77. The van der Waals surface area contributed by atoms with E-state index in [0.29, 0.717) is 0 Å². The monoisotopic (exact) mass is 200 g/mol. The molecule has 0 rings (SSSR count). The van der Waals surface area contributed by atoms with Crippen molar-refractivity contribution in [3.63, 3.8) is 0 Å². The molecular weight excluding hydrogens is 180 g/mol. The number of carbonyl (C=O) groups is 2. The van der Waals surface area contributed by atoms with E-state index in [1.54, 1.807) is 20.8 Å². The highest BCUT2D eigenvalue weighted by Crippen LogP contribution is 2.14. The molecule has 0 aromatic carbocycles. The van der Waals surface area contributed by atoms with Gasteiger partial charge in [0.25, 0.3) is 0 Å². The van der Waals surface area contributed by atoms with Crippen LogP contribution >= 0.6 is 0 Å². The van der Waals surface area contributed by atoms with Crippen molar-refractivity contribution < 1.29 is 9.59 Å². The first-order chi connectivity index (χ1) is 6.16. The first-order valence-corrected chi connectivity index (χ1v) is 4.76. The van der Waals surface area contributed by atoms with E-state index in [2.05, 4.69) is 5.32 Å². The van der Waals surface area contributed by atoms with Crippen LogP contribution in [0.1, 0.15) is 34.6 Å². The largest absolute Gasteiger partial charge is 0.368 e. The van der Waals surface area contributed by atoms with Gasteiger partial charge in [-0.1, -0.05) is 34.6 Å². The van der Waals surface area contributed by atoms with E-state index in [9.17, 15) is 9.59 Å². The summed E-state index contributed by atoms with van der Waals surface area (Å²) in [5.74, 6) is -0.633. The maximum atomic E-state index is 11.6. The summed E-state index contributed by atoms with van der Waals surface area (Å²) in [6.45, 7) is 9.07. The normalized spacial score (nSPS) is 13.9. The van der Waals surface area contributed by atoms with Crippen molar-refractivity contribution in [1.29, 1.82) is 0 Å². The van der Waals surface area contributed by atoms with Crippen molar-refractivity contribution >= 4 is 11.8 Å². The van der Waals surface area contributed by atoms with Crippen LogP contribution in [-0.4, -0.2) is 17.9 Å². The summed E-state index contributed by atoms with van der Waals surface area (Å²) in [6.07, 6.45) is 0. The molecule has 0 aliphatic rings. The van der Waals surface area contributed by atoms with Gasteiger partial charge in [-0.3, -0.25) is 9.59 Å². The Balaban J connectivity index is 4.48. The number of carbonyl (C=O) groups excluding carboxylic acids is 2. The Hall–Kier alpha value is -1.06. The van der Waals surface area contributed by atoms with Gasteiger partial charge in [0.2, 0.25) is 11.8 Å². The van der Waals surface area contributed by atoms with Crippen molar-refractivity contribution in [2.24, 2.45) is 17.1 Å². The average Bonchev–Trinajstić information content (AvgIpc) is 1.96. The van der Waals surface area contributed by atoms with Gasteiger partial charge < -0.3 is 11.1 Å². The highest BCUT2D eigenvalue weighted by atomic mass is 16.2. The molecule has 0 bridgehead atoms. The van der Waals surface area contributed by atoms with Crippen LogP contribution in [0.2, 0.25) is 0 Å². The Kier molecular flexibility index (Phi) is 4.10. The lowest BCUT2D eigenvalue weighted by Crippen LogP contribution is -2.50. The van der Waals surface area contributed by atoms with Crippen LogP contribution in [0.15, 0.2) is 0 Å². The molecule has 0 spiro atoms. The van der Waals surface area contributed by atoms with Gasteiger partial charge in [-0.25, -0.2) is 0 Å². The molecule has 4 nitrogen and oxygen atoms in total. The molecule has 0 saturated carbocycles. The Labute approximate surface area is 85.2 Å². The third-order valence-corrected chi connectivity index (χ3v) is 1.94. The minimum atomic E-state index is -0.582. The number of rotatable bonds is 3. The molecule has 0 aromatic heterocycles. The molecule has 14 heavy (non-hydrogen) atoms. The van der Waals surface area contributed by atoms with E-state index in [0.717, 1.165) is 0 Å². The number of nitrogens with two attached hydrogens (primary N) is 1. The van der Waals surface area contributed by atoms with Crippen molar-refractivity contribution in [2.75, 3.05) is 0 Å². The van der Waals surface area contributed by atoms with E-state index in [1.165, 1.54) is 0 Å². The highest BCUT2D eigenvalue weighted by Gasteiger charge is 2.27. The maximum absolute atomic E-state index is 11.6. The molecule has 0 fully saturated rings. The summed E-state index contributed by atoms with van der Waals surface area (Å²) in [5, 5.41) is 2.64. The summed E-state index contributed by atoms with van der Waals surface area (Å²) >= 11 is 0. The fraction of sp³-hybridized carbons (Fsp3) is 0.800. The smallest absolute Gasteiger partial charge is 0.240 e. The standard InChI is InChI=1S/C10H20N2O2/c1-6(2)7(8(11)13)12-9(14)10(3,4)5/h6-7H,1-5H3,(H2,11,13)(H,12,14). The lowest BCUT2D eigenvalue weighted by Gasteiger charge is -2.24. The molecule has 82 valence electrons. The minimum absolute atomic E-state index is 0.0128. The molecule has 2 amide bonds. The van der Waals surface area contributed by atoms with E-state index in [4.69, 9.17) is 5.73 Å². The van der Waals surface area contributed by atoms with Gasteiger partial charge in [0.15, 0.2) is 0 Å². The number of nitrogens with one attached hydrogen (secondary N) is 1. The van der Waals surface area contributed by atoms with E-state index in [1.807, 2.05) is 13.8 Å². The fourth-order valence-electron chi connectivity index (χ4n) is 0.924. The zero-order chi connectivity index (χ0) is 11.5. The number of primary amides is 1. The summed E-state index contributed by atoms with van der Waals surface area (Å²) in [6, 6.07) is -0.582. The van der Waals surface area contributed by atoms with Gasteiger partial charge in [0.1, 0.15) is 6.04 Å². The zero-order valence-corrected chi connectivity index (χ0v) is 9.55. The van der Waals surface area contributed by atoms with Gasteiger partial charge in [0.05, 0.1) is 0 Å². The lowest BCUT2D eigenvalue weighted by molar-refractivity contribution is -0.133. The Morgan fingerprint density at radius 3 is 1.86 bits per heavy atom. The van der Waals surface area contributed by atoms with Crippen LogP contribution in [0.4, 0.5) is 0 Å². The molecular formula is C10H20N2O2. The summed E-state index contributed by atoms with van der Waals surface area (Å²) < 4.78 is 0. The molecule has 0 aromatic rings. The molecule has 0 aliphatic carbocycles. The van der Waals surface area contributed by atoms with Gasteiger partial charge in [-0.2, -0.15) is 0 Å². The summed E-state index contributed by atoms with van der Waals surface area (Å²) in [5.41, 5.74) is 4.68. The number of hydrogen-bond donors (Lipinski definition) is 2. The molecule has 3 N–H and O–H groups in total. The van der Waals surface area contributed by atoms with Crippen molar-refractivity contribution in [3.8, 4) is 0 Å². The molecule has 0 radical (unpaired) electrons. The minimum Gasteiger partial charge on any atom is -0.368 e. The molecule has 0 aliphatic heterocycles. The summed E-state index contributed by atoms with van der Waals surface area (Å²) in [4.78, 5) is 22.6. The van der Waals surface area contributed by atoms with Gasteiger partial charge in [-0.15, -0.1) is 0 Å². The Bertz CT molecular complexity index is 229. The second-order valence-corrected chi connectivity index (χ2v) is 4.85. The van der Waals surface area contributed by atoms with E-state index in [-0.39, 0.29) is 11.8 Å². The van der Waals surface area contributed by atoms with Crippen LogP contribution in [0.3, 0.4) is 0 Å². The van der Waals surface area contributed by atoms with Gasteiger partial charge in [-0.05, 0) is 5.92 Å². The summed E-state index contributed by atoms with van der Waals surface area (Å²) in [7, 11) is 0. The molecule has 0 saturated heterocycles. The number of amides is 2. The van der Waals surface area contributed by atoms with Crippen molar-refractivity contribution in [3.05, 3.63) is 0 Å². The van der Waals surface area contributed by atoms with Crippen molar-refractivity contribution in [1.82, 2.24) is 5.32 Å². The SMILES string of the molecule is CC(C)C(NC(=O)C(C)(C)C)C(N)=O. The molecule has 0 heterocycles. The quantitative estimate of drug-likeness (QED) is 0.702. The van der Waals surface area contributed by atoms with E-state index < -0.39 is 17.4 Å². The fourth-order valence-corrected chi connectivity index (χ4v) is 0.924. The predicted octanol–water partition coefficient (Wildman–Crippen LogP) is 0.659. The van der Waals surface area contributed by atoms with Crippen LogP contribution in [0.25, 0.3) is 0 Å². The van der Waals surface area contributed by atoms with Crippen molar-refractivity contribution in [2.45, 2.75) is 40.7 Å². The third-order valence-electron chi connectivity index (χ3n) is 1.94. The van der Waals surface area contributed by atoms with Gasteiger partial charge >= 0.3 is 0 Å². The second kappa shape index (κ2) is 4.44. The Morgan fingerprint density at radius 1 is 1.21 bits per heavy atom. The first kappa shape index (κ1) is 12.9. The molecule has 4 heteroatoms. The molecule has 1 atom stereocenters. The van der Waals surface area contributed by atoms with Crippen LogP contribution in [-0.2, 0) is 9.59 Å². The second-order valence-electron chi connectivity index (χ2n) is 4.85.